The monoisotopic (exact) mass is 380 g/mol. The fraction of sp³-hybridized carbons (Fsp3) is 0.267. The predicted octanol–water partition coefficient (Wildman–Crippen LogP) is 1.72. The van der Waals surface area contributed by atoms with Gasteiger partial charge >= 0.3 is 5.69 Å². The summed E-state index contributed by atoms with van der Waals surface area (Å²) in [7, 11) is 0. The molecule has 2 N–H and O–H groups in total. The Hall–Kier alpha value is -3.01. The van der Waals surface area contributed by atoms with Gasteiger partial charge < -0.3 is 15.5 Å². The summed E-state index contributed by atoms with van der Waals surface area (Å²) in [5, 5.41) is 10.8. The Bertz CT molecular complexity index is 872. The number of amides is 1. The van der Waals surface area contributed by atoms with Crippen LogP contribution in [0.4, 0.5) is 21.8 Å². The summed E-state index contributed by atoms with van der Waals surface area (Å²) in [5.74, 6) is -0.750. The number of hydrogen-bond donors (Lipinski definition) is 1. The second-order valence-corrected chi connectivity index (χ2v) is 6.01. The van der Waals surface area contributed by atoms with E-state index in [1.54, 1.807) is 9.80 Å². The highest BCUT2D eigenvalue weighted by Crippen LogP contribution is 2.23. The molecule has 0 saturated carbocycles. The van der Waals surface area contributed by atoms with Gasteiger partial charge in [0.1, 0.15) is 12.0 Å². The third-order valence-corrected chi connectivity index (χ3v) is 4.31. The summed E-state index contributed by atoms with van der Waals surface area (Å²) in [5.41, 5.74) is 5.46. The molecule has 1 aliphatic heterocycles. The molecule has 2 heterocycles. The van der Waals surface area contributed by atoms with Crippen molar-refractivity contribution in [2.24, 2.45) is 0 Å². The number of piperazine rings is 1. The van der Waals surface area contributed by atoms with Crippen molar-refractivity contribution < 1.29 is 14.1 Å². The highest BCUT2D eigenvalue weighted by Gasteiger charge is 2.26. The van der Waals surface area contributed by atoms with Crippen LogP contribution >= 0.6 is 11.6 Å². The standard InChI is InChI=1S/C15H14ClFN6O3/c16-11-7-9(17)1-2-10(11)14(24)21-3-5-22(6-4-21)15-19-8-12(23(25)26)13(18)20-15/h1-2,7-8H,3-6H2,(H2,18,19,20). The summed E-state index contributed by atoms with van der Waals surface area (Å²) in [6.45, 7) is 1.57. The number of carbonyl (C=O) groups is 1. The lowest BCUT2D eigenvalue weighted by molar-refractivity contribution is -0.384. The molecule has 1 amide bonds. The average Bonchev–Trinajstić information content (AvgIpc) is 2.61. The van der Waals surface area contributed by atoms with Crippen LogP contribution in [0.3, 0.4) is 0 Å². The van der Waals surface area contributed by atoms with E-state index in [9.17, 15) is 19.3 Å². The summed E-state index contributed by atoms with van der Waals surface area (Å²) < 4.78 is 13.1. The number of nitrogens with two attached hydrogens (primary N) is 1. The maximum Gasteiger partial charge on any atom is 0.329 e. The Balaban J connectivity index is 1.68. The van der Waals surface area contributed by atoms with Crippen LogP contribution in [0.5, 0.6) is 0 Å². The molecule has 0 atom stereocenters. The molecule has 0 aliphatic carbocycles. The van der Waals surface area contributed by atoms with E-state index in [-0.39, 0.29) is 33.9 Å². The number of nitrogen functional groups attached to an aromatic ring is 1. The number of nitrogens with zero attached hydrogens (tertiary/aromatic N) is 5. The van der Waals surface area contributed by atoms with Crippen LogP contribution in [0.15, 0.2) is 24.4 Å². The van der Waals surface area contributed by atoms with Crippen LogP contribution in [0, 0.1) is 15.9 Å². The quantitative estimate of drug-likeness (QED) is 0.636. The van der Waals surface area contributed by atoms with E-state index < -0.39 is 10.7 Å². The number of benzene rings is 1. The minimum atomic E-state index is -0.651. The Kier molecular flexibility index (Phi) is 4.85. The summed E-state index contributed by atoms with van der Waals surface area (Å²) in [6, 6.07) is 3.63. The highest BCUT2D eigenvalue weighted by molar-refractivity contribution is 6.33. The molecular weight excluding hydrogens is 367 g/mol. The molecule has 11 heteroatoms. The SMILES string of the molecule is Nc1nc(N2CCN(C(=O)c3ccc(F)cc3Cl)CC2)ncc1[N+](=O)[O-]. The molecule has 3 rings (SSSR count). The van der Waals surface area contributed by atoms with Gasteiger partial charge in [-0.1, -0.05) is 11.6 Å². The molecule has 0 unspecified atom stereocenters. The van der Waals surface area contributed by atoms with Gasteiger partial charge in [-0.25, -0.2) is 9.37 Å². The van der Waals surface area contributed by atoms with Gasteiger partial charge in [-0.05, 0) is 18.2 Å². The van der Waals surface area contributed by atoms with Crippen LogP contribution in [0.25, 0.3) is 0 Å². The van der Waals surface area contributed by atoms with Crippen molar-refractivity contribution in [3.63, 3.8) is 0 Å². The maximum atomic E-state index is 13.1. The van der Waals surface area contributed by atoms with Gasteiger partial charge in [0.2, 0.25) is 11.8 Å². The number of aromatic nitrogens is 2. The van der Waals surface area contributed by atoms with Gasteiger partial charge in [-0.15, -0.1) is 0 Å². The van der Waals surface area contributed by atoms with Crippen LogP contribution in [-0.4, -0.2) is 51.9 Å². The van der Waals surface area contributed by atoms with E-state index in [0.29, 0.717) is 26.2 Å². The minimum absolute atomic E-state index is 0.0592. The van der Waals surface area contributed by atoms with E-state index in [1.807, 2.05) is 0 Å². The highest BCUT2D eigenvalue weighted by atomic mass is 35.5. The molecule has 1 aromatic heterocycles. The first-order chi connectivity index (χ1) is 12.4. The Morgan fingerprint density at radius 1 is 1.31 bits per heavy atom. The van der Waals surface area contributed by atoms with Crippen LogP contribution < -0.4 is 10.6 Å². The molecule has 2 aromatic rings. The van der Waals surface area contributed by atoms with Crippen molar-refractivity contribution >= 4 is 35.0 Å². The van der Waals surface area contributed by atoms with E-state index in [4.69, 9.17) is 17.3 Å². The van der Waals surface area contributed by atoms with Gasteiger partial charge in [0, 0.05) is 26.2 Å². The second kappa shape index (κ2) is 7.08. The number of carbonyl (C=O) groups excluding carboxylic acids is 1. The maximum absolute atomic E-state index is 13.1. The number of rotatable bonds is 3. The molecular formula is C15H14ClFN6O3. The molecule has 1 saturated heterocycles. The van der Waals surface area contributed by atoms with Gasteiger partial charge in [0.05, 0.1) is 15.5 Å². The fourth-order valence-corrected chi connectivity index (χ4v) is 2.86. The lowest BCUT2D eigenvalue weighted by Gasteiger charge is -2.34. The number of nitro groups is 1. The zero-order valence-corrected chi connectivity index (χ0v) is 14.2. The third-order valence-electron chi connectivity index (χ3n) is 3.99. The molecule has 0 radical (unpaired) electrons. The first-order valence-corrected chi connectivity index (χ1v) is 8.01. The smallest absolute Gasteiger partial charge is 0.329 e. The molecule has 0 spiro atoms. The van der Waals surface area contributed by atoms with Gasteiger partial charge in [-0.2, -0.15) is 4.98 Å². The molecule has 1 fully saturated rings. The van der Waals surface area contributed by atoms with Gasteiger partial charge in [0.15, 0.2) is 0 Å². The van der Waals surface area contributed by atoms with Crippen molar-refractivity contribution in [2.75, 3.05) is 36.8 Å². The minimum Gasteiger partial charge on any atom is -0.378 e. The van der Waals surface area contributed by atoms with E-state index in [2.05, 4.69) is 9.97 Å². The Labute approximate surface area is 152 Å². The zero-order chi connectivity index (χ0) is 18.8. The molecule has 136 valence electrons. The predicted molar refractivity (Wildman–Crippen MR) is 92.6 cm³/mol. The molecule has 1 aliphatic rings. The summed E-state index contributed by atoms with van der Waals surface area (Å²) in [6.07, 6.45) is 1.06. The van der Waals surface area contributed by atoms with Crippen molar-refractivity contribution in [3.05, 3.63) is 50.9 Å². The van der Waals surface area contributed by atoms with E-state index in [1.165, 1.54) is 12.1 Å². The van der Waals surface area contributed by atoms with Crippen LogP contribution in [-0.2, 0) is 0 Å². The summed E-state index contributed by atoms with van der Waals surface area (Å²) in [4.78, 5) is 33.9. The van der Waals surface area contributed by atoms with E-state index in [0.717, 1.165) is 12.3 Å². The topological polar surface area (TPSA) is 118 Å². The normalized spacial score (nSPS) is 14.4. The third kappa shape index (κ3) is 3.49. The van der Waals surface area contributed by atoms with Gasteiger partial charge in [0.25, 0.3) is 5.91 Å². The second-order valence-electron chi connectivity index (χ2n) is 5.60. The Morgan fingerprint density at radius 2 is 2.00 bits per heavy atom. The lowest BCUT2D eigenvalue weighted by Crippen LogP contribution is -2.49. The lowest BCUT2D eigenvalue weighted by atomic mass is 10.1. The molecule has 1 aromatic carbocycles. The zero-order valence-electron chi connectivity index (χ0n) is 13.4. The van der Waals surface area contributed by atoms with Crippen molar-refractivity contribution in [2.45, 2.75) is 0 Å². The molecule has 0 bridgehead atoms. The number of hydrogen-bond acceptors (Lipinski definition) is 7. The first kappa shape index (κ1) is 17.8. The van der Waals surface area contributed by atoms with E-state index >= 15 is 0 Å². The van der Waals surface area contributed by atoms with Crippen molar-refractivity contribution in [1.82, 2.24) is 14.9 Å². The summed E-state index contributed by atoms with van der Waals surface area (Å²) >= 11 is 5.94. The molecule has 26 heavy (non-hydrogen) atoms. The number of halogens is 2. The van der Waals surface area contributed by atoms with Crippen molar-refractivity contribution in [1.29, 1.82) is 0 Å². The first-order valence-electron chi connectivity index (χ1n) is 7.63. The molecule has 9 nitrogen and oxygen atoms in total. The van der Waals surface area contributed by atoms with Crippen LogP contribution in [0.2, 0.25) is 5.02 Å². The average molecular weight is 381 g/mol. The largest absolute Gasteiger partial charge is 0.378 e. The van der Waals surface area contributed by atoms with Gasteiger partial charge in [-0.3, -0.25) is 14.9 Å². The van der Waals surface area contributed by atoms with Crippen LogP contribution in [0.1, 0.15) is 10.4 Å². The van der Waals surface area contributed by atoms with Crippen molar-refractivity contribution in [3.8, 4) is 0 Å². The Morgan fingerprint density at radius 3 is 2.58 bits per heavy atom. The fourth-order valence-electron chi connectivity index (χ4n) is 2.61. The number of anilines is 2.